The van der Waals surface area contributed by atoms with E-state index in [4.69, 9.17) is 9.47 Å². The summed E-state index contributed by atoms with van der Waals surface area (Å²) >= 11 is 3.09. The number of nitrogens with one attached hydrogen (secondary N) is 1. The first kappa shape index (κ1) is 23.6. The SMILES string of the molecule is COc1ccc(-c2nnc(SCC(=O)NC(C)c3cccs3)n2C2CCCCC2)cc1OC. The summed E-state index contributed by atoms with van der Waals surface area (Å²) in [5.74, 6) is 2.43. The second-order valence-electron chi connectivity index (χ2n) is 8.13. The van der Waals surface area contributed by atoms with Gasteiger partial charge in [0.15, 0.2) is 22.5 Å². The maximum Gasteiger partial charge on any atom is 0.230 e. The molecule has 176 valence electrons. The fourth-order valence-electron chi connectivity index (χ4n) is 4.24. The molecule has 1 amide bonds. The van der Waals surface area contributed by atoms with Crippen LogP contribution in [0.25, 0.3) is 11.4 Å². The lowest BCUT2D eigenvalue weighted by Crippen LogP contribution is -2.28. The number of hydrogen-bond donors (Lipinski definition) is 1. The molecule has 1 fully saturated rings. The number of methoxy groups -OCH3 is 2. The third-order valence-corrected chi connectivity index (χ3v) is 7.92. The predicted molar refractivity (Wildman–Crippen MR) is 132 cm³/mol. The van der Waals surface area contributed by atoms with Gasteiger partial charge >= 0.3 is 0 Å². The first-order chi connectivity index (χ1) is 16.1. The molecule has 1 unspecified atom stereocenters. The van der Waals surface area contributed by atoms with Gasteiger partial charge in [-0.1, -0.05) is 37.1 Å². The molecular formula is C24H30N4O3S2. The molecule has 0 bridgehead atoms. The minimum absolute atomic E-state index is 0.00311. The maximum atomic E-state index is 12.6. The highest BCUT2D eigenvalue weighted by molar-refractivity contribution is 7.99. The van der Waals surface area contributed by atoms with E-state index in [0.717, 1.165) is 34.3 Å². The largest absolute Gasteiger partial charge is 0.493 e. The molecule has 0 aliphatic heterocycles. The molecule has 33 heavy (non-hydrogen) atoms. The number of nitrogens with zero attached hydrogens (tertiary/aromatic N) is 3. The van der Waals surface area contributed by atoms with Crippen LogP contribution in [0, 0.1) is 0 Å². The third-order valence-electron chi connectivity index (χ3n) is 5.93. The van der Waals surface area contributed by atoms with Crippen molar-refractivity contribution in [2.24, 2.45) is 0 Å². The van der Waals surface area contributed by atoms with Gasteiger partial charge in [0.1, 0.15) is 0 Å². The van der Waals surface area contributed by atoms with E-state index in [2.05, 4.69) is 20.1 Å². The van der Waals surface area contributed by atoms with Crippen LogP contribution in [0.1, 0.15) is 56.0 Å². The zero-order valence-electron chi connectivity index (χ0n) is 19.2. The summed E-state index contributed by atoms with van der Waals surface area (Å²) < 4.78 is 13.1. The lowest BCUT2D eigenvalue weighted by molar-refractivity contribution is -0.119. The van der Waals surface area contributed by atoms with Crippen molar-refractivity contribution in [3.05, 3.63) is 40.6 Å². The number of amides is 1. The Labute approximate surface area is 202 Å². The molecule has 4 rings (SSSR count). The van der Waals surface area contributed by atoms with Gasteiger partial charge in [0.2, 0.25) is 5.91 Å². The fraction of sp³-hybridized carbons (Fsp3) is 0.458. The van der Waals surface area contributed by atoms with Crippen LogP contribution in [0.3, 0.4) is 0 Å². The van der Waals surface area contributed by atoms with Gasteiger partial charge in [0.25, 0.3) is 0 Å². The molecule has 1 aromatic carbocycles. The molecule has 0 saturated heterocycles. The molecule has 2 heterocycles. The number of thioether (sulfide) groups is 1. The molecule has 2 aromatic heterocycles. The molecule has 0 spiro atoms. The molecule has 0 radical (unpaired) electrons. The lowest BCUT2D eigenvalue weighted by Gasteiger charge is -2.25. The fourth-order valence-corrected chi connectivity index (χ4v) is 5.79. The number of benzene rings is 1. The van der Waals surface area contributed by atoms with Gasteiger partial charge < -0.3 is 14.8 Å². The van der Waals surface area contributed by atoms with Crippen LogP contribution in [0.4, 0.5) is 0 Å². The van der Waals surface area contributed by atoms with Crippen molar-refractivity contribution in [2.45, 2.75) is 56.3 Å². The molecule has 7 nitrogen and oxygen atoms in total. The van der Waals surface area contributed by atoms with Crippen molar-refractivity contribution in [1.29, 1.82) is 0 Å². The Hall–Kier alpha value is -2.52. The van der Waals surface area contributed by atoms with Crippen LogP contribution in [0.15, 0.2) is 40.9 Å². The summed E-state index contributed by atoms with van der Waals surface area (Å²) in [6.07, 6.45) is 5.82. The van der Waals surface area contributed by atoms with E-state index >= 15 is 0 Å². The monoisotopic (exact) mass is 486 g/mol. The van der Waals surface area contributed by atoms with Gasteiger partial charge in [-0.15, -0.1) is 21.5 Å². The maximum absolute atomic E-state index is 12.6. The molecule has 3 aromatic rings. The average molecular weight is 487 g/mol. The number of hydrogen-bond acceptors (Lipinski definition) is 7. The zero-order valence-corrected chi connectivity index (χ0v) is 20.9. The summed E-state index contributed by atoms with van der Waals surface area (Å²) in [5, 5.41) is 14.9. The van der Waals surface area contributed by atoms with E-state index in [0.29, 0.717) is 23.3 Å². The number of ether oxygens (including phenoxy) is 2. The van der Waals surface area contributed by atoms with E-state index in [1.54, 1.807) is 25.6 Å². The smallest absolute Gasteiger partial charge is 0.230 e. The first-order valence-electron chi connectivity index (χ1n) is 11.2. The van der Waals surface area contributed by atoms with Gasteiger partial charge in [-0.3, -0.25) is 9.36 Å². The molecule has 1 aliphatic rings. The highest BCUT2D eigenvalue weighted by Crippen LogP contribution is 2.38. The Morgan fingerprint density at radius 3 is 2.67 bits per heavy atom. The van der Waals surface area contributed by atoms with Crippen LogP contribution in [-0.4, -0.2) is 40.6 Å². The molecule has 1 saturated carbocycles. The van der Waals surface area contributed by atoms with Crippen molar-refractivity contribution >= 4 is 29.0 Å². The van der Waals surface area contributed by atoms with Crippen LogP contribution in [0.2, 0.25) is 0 Å². The van der Waals surface area contributed by atoms with E-state index in [-0.39, 0.29) is 11.9 Å². The highest BCUT2D eigenvalue weighted by Gasteiger charge is 2.25. The van der Waals surface area contributed by atoms with Crippen LogP contribution >= 0.6 is 23.1 Å². The highest BCUT2D eigenvalue weighted by atomic mass is 32.2. The van der Waals surface area contributed by atoms with Gasteiger partial charge in [-0.05, 0) is 49.4 Å². The van der Waals surface area contributed by atoms with E-state index in [9.17, 15) is 4.79 Å². The third kappa shape index (κ3) is 5.52. The number of aromatic nitrogens is 3. The summed E-state index contributed by atoms with van der Waals surface area (Å²) in [5.41, 5.74) is 0.924. The van der Waals surface area contributed by atoms with Crippen molar-refractivity contribution < 1.29 is 14.3 Å². The van der Waals surface area contributed by atoms with Gasteiger partial charge in [-0.25, -0.2) is 0 Å². The average Bonchev–Trinajstić information content (AvgIpc) is 3.53. The lowest BCUT2D eigenvalue weighted by atomic mass is 9.95. The quantitative estimate of drug-likeness (QED) is 0.403. The number of rotatable bonds is 9. The Kier molecular flexibility index (Phi) is 7.93. The Balaban J connectivity index is 1.55. The van der Waals surface area contributed by atoms with E-state index in [1.165, 1.54) is 31.0 Å². The van der Waals surface area contributed by atoms with Crippen LogP contribution in [0.5, 0.6) is 11.5 Å². The molecule has 1 N–H and O–H groups in total. The Morgan fingerprint density at radius 1 is 1.18 bits per heavy atom. The van der Waals surface area contributed by atoms with Crippen LogP contribution < -0.4 is 14.8 Å². The van der Waals surface area contributed by atoms with Crippen molar-refractivity contribution in [3.8, 4) is 22.9 Å². The number of thiophene rings is 1. The predicted octanol–water partition coefficient (Wildman–Crippen LogP) is 5.50. The minimum atomic E-state index is -0.00763. The van der Waals surface area contributed by atoms with E-state index in [1.807, 2.05) is 42.6 Å². The number of carbonyl (C=O) groups excluding carboxylic acids is 1. The summed E-state index contributed by atoms with van der Waals surface area (Å²) in [7, 11) is 3.26. The van der Waals surface area contributed by atoms with Crippen LogP contribution in [-0.2, 0) is 4.79 Å². The second-order valence-corrected chi connectivity index (χ2v) is 10.1. The topological polar surface area (TPSA) is 78.3 Å². The normalized spacial score (nSPS) is 15.2. The van der Waals surface area contributed by atoms with Gasteiger partial charge in [0, 0.05) is 16.5 Å². The molecule has 1 atom stereocenters. The van der Waals surface area contributed by atoms with Gasteiger partial charge in [-0.2, -0.15) is 0 Å². The Bertz CT molecular complexity index is 1060. The van der Waals surface area contributed by atoms with Gasteiger partial charge in [0.05, 0.1) is 26.0 Å². The Morgan fingerprint density at radius 2 is 1.97 bits per heavy atom. The van der Waals surface area contributed by atoms with E-state index < -0.39 is 0 Å². The summed E-state index contributed by atoms with van der Waals surface area (Å²) in [6.45, 7) is 2.01. The molecule has 1 aliphatic carbocycles. The molecular weight excluding hydrogens is 456 g/mol. The minimum Gasteiger partial charge on any atom is -0.493 e. The van der Waals surface area contributed by atoms with Crippen molar-refractivity contribution in [2.75, 3.05) is 20.0 Å². The molecule has 9 heteroatoms. The standard InChI is InChI=1S/C24H30N4O3S2/c1-16(21-10-7-13-32-21)25-22(29)15-33-24-27-26-23(28(24)18-8-5-4-6-9-18)17-11-12-19(30-2)20(14-17)31-3/h7,10-14,16,18H,4-6,8-9,15H2,1-3H3,(H,25,29). The zero-order chi connectivity index (χ0) is 23.2. The van der Waals surface area contributed by atoms with Crippen molar-refractivity contribution in [3.63, 3.8) is 0 Å². The second kappa shape index (κ2) is 11.1. The summed E-state index contributed by atoms with van der Waals surface area (Å²) in [4.78, 5) is 13.8. The van der Waals surface area contributed by atoms with Crippen molar-refractivity contribution in [1.82, 2.24) is 20.1 Å². The summed E-state index contributed by atoms with van der Waals surface area (Å²) in [6, 6.07) is 10.2. The first-order valence-corrected chi connectivity index (χ1v) is 13.1. The number of carbonyl (C=O) groups is 1.